The monoisotopic (exact) mass is 251 g/mol. The molecule has 0 fully saturated rings. The average molecular weight is 252 g/mol. The smallest absolute Gasteiger partial charge is 0.0934 e. The molecule has 0 atom stereocenters. The molecule has 0 amide bonds. The van der Waals surface area contributed by atoms with E-state index >= 15 is 0 Å². The van der Waals surface area contributed by atoms with Crippen LogP contribution in [0, 0.1) is 0 Å². The molecule has 2 rings (SSSR count). The molecule has 0 spiro atoms. The third kappa shape index (κ3) is 2.64. The molecule has 16 heavy (non-hydrogen) atoms. The lowest BCUT2D eigenvalue weighted by Gasteiger charge is -2.07. The Balaban J connectivity index is 2.32. The van der Waals surface area contributed by atoms with E-state index in [1.807, 2.05) is 6.07 Å². The second-order valence-electron chi connectivity index (χ2n) is 3.54. The van der Waals surface area contributed by atoms with Crippen LogP contribution in [0.1, 0.15) is 12.5 Å². The van der Waals surface area contributed by atoms with Crippen molar-refractivity contribution in [3.63, 3.8) is 0 Å². The molecule has 0 radical (unpaired) electrons. The van der Waals surface area contributed by atoms with E-state index in [1.165, 1.54) is 16.0 Å². The molecule has 1 heterocycles. The Morgan fingerprint density at radius 2 is 2.00 bits per heavy atom. The van der Waals surface area contributed by atoms with Crippen molar-refractivity contribution in [1.29, 1.82) is 0 Å². The summed E-state index contributed by atoms with van der Waals surface area (Å²) in [5, 5.41) is 3.35. The van der Waals surface area contributed by atoms with Gasteiger partial charge in [0.2, 0.25) is 0 Å². The second-order valence-corrected chi connectivity index (χ2v) is 5.26. The number of hydrogen-bond donors (Lipinski definition) is 1. The summed E-state index contributed by atoms with van der Waals surface area (Å²) in [5.74, 6) is 0. The van der Waals surface area contributed by atoms with Gasteiger partial charge < -0.3 is 5.32 Å². The van der Waals surface area contributed by atoms with Gasteiger partial charge in [0.15, 0.2) is 0 Å². The van der Waals surface area contributed by atoms with Crippen LogP contribution in [-0.4, -0.2) is 6.54 Å². The van der Waals surface area contributed by atoms with E-state index in [2.05, 4.69) is 42.6 Å². The molecule has 0 bridgehead atoms. The van der Waals surface area contributed by atoms with Gasteiger partial charge >= 0.3 is 0 Å². The van der Waals surface area contributed by atoms with E-state index in [0.717, 1.165) is 17.4 Å². The zero-order valence-corrected chi connectivity index (χ0v) is 10.7. The minimum Gasteiger partial charge on any atom is -0.313 e. The topological polar surface area (TPSA) is 12.0 Å². The molecular weight excluding hydrogens is 238 g/mol. The van der Waals surface area contributed by atoms with Crippen LogP contribution in [0.5, 0.6) is 0 Å². The largest absolute Gasteiger partial charge is 0.313 e. The van der Waals surface area contributed by atoms with Crippen LogP contribution in [0.2, 0.25) is 4.34 Å². The molecule has 2 aromatic rings. The summed E-state index contributed by atoms with van der Waals surface area (Å²) in [4.78, 5) is 1.23. The maximum atomic E-state index is 5.97. The Labute approximate surface area is 105 Å². The molecule has 0 aliphatic heterocycles. The number of halogens is 1. The predicted molar refractivity (Wildman–Crippen MR) is 72.1 cm³/mol. The summed E-state index contributed by atoms with van der Waals surface area (Å²) in [6.45, 7) is 4.01. The summed E-state index contributed by atoms with van der Waals surface area (Å²) >= 11 is 7.60. The lowest BCUT2D eigenvalue weighted by molar-refractivity contribution is 0.728. The fourth-order valence-electron chi connectivity index (χ4n) is 1.63. The van der Waals surface area contributed by atoms with E-state index in [1.54, 1.807) is 11.3 Å². The minimum atomic E-state index is 0.841. The SMILES string of the molecule is CCNCc1ccccc1-c1ccc(Cl)s1. The summed E-state index contributed by atoms with van der Waals surface area (Å²) in [6.07, 6.45) is 0. The first kappa shape index (κ1) is 11.6. The Morgan fingerprint density at radius 3 is 2.69 bits per heavy atom. The van der Waals surface area contributed by atoms with Crippen molar-refractivity contribution in [2.75, 3.05) is 6.54 Å². The van der Waals surface area contributed by atoms with Gasteiger partial charge in [-0.25, -0.2) is 0 Å². The van der Waals surface area contributed by atoms with Gasteiger partial charge in [0.05, 0.1) is 4.34 Å². The highest BCUT2D eigenvalue weighted by molar-refractivity contribution is 7.19. The summed E-state index contributed by atoms with van der Waals surface area (Å²) in [7, 11) is 0. The molecule has 1 N–H and O–H groups in total. The van der Waals surface area contributed by atoms with Crippen molar-refractivity contribution in [3.05, 3.63) is 46.3 Å². The van der Waals surface area contributed by atoms with Crippen LogP contribution in [0.15, 0.2) is 36.4 Å². The zero-order valence-electron chi connectivity index (χ0n) is 9.16. The van der Waals surface area contributed by atoms with Crippen molar-refractivity contribution in [3.8, 4) is 10.4 Å². The van der Waals surface area contributed by atoms with Crippen LogP contribution in [-0.2, 0) is 6.54 Å². The molecule has 0 unspecified atom stereocenters. The molecule has 0 saturated heterocycles. The zero-order chi connectivity index (χ0) is 11.4. The average Bonchev–Trinajstić information content (AvgIpc) is 2.73. The highest BCUT2D eigenvalue weighted by atomic mass is 35.5. The summed E-state index contributed by atoms with van der Waals surface area (Å²) in [5.41, 5.74) is 2.60. The third-order valence-corrected chi connectivity index (χ3v) is 3.69. The molecule has 84 valence electrons. The Bertz CT molecular complexity index is 464. The molecule has 0 aliphatic rings. The predicted octanol–water partition coefficient (Wildman–Crippen LogP) is 4.18. The lowest BCUT2D eigenvalue weighted by Crippen LogP contribution is -2.12. The molecule has 0 saturated carbocycles. The standard InChI is InChI=1S/C13H14ClNS/c1-2-15-9-10-5-3-4-6-11(10)12-7-8-13(14)16-12/h3-8,15H,2,9H2,1H3. The molecule has 1 aromatic carbocycles. The van der Waals surface area contributed by atoms with Gasteiger partial charge in [-0.05, 0) is 29.8 Å². The number of rotatable bonds is 4. The molecule has 1 aromatic heterocycles. The molecular formula is C13H14ClNS. The van der Waals surface area contributed by atoms with E-state index in [-0.39, 0.29) is 0 Å². The van der Waals surface area contributed by atoms with Gasteiger partial charge in [0.25, 0.3) is 0 Å². The maximum Gasteiger partial charge on any atom is 0.0934 e. The van der Waals surface area contributed by atoms with Crippen molar-refractivity contribution in [1.82, 2.24) is 5.32 Å². The minimum absolute atomic E-state index is 0.841. The first-order chi connectivity index (χ1) is 7.81. The molecule has 3 heteroatoms. The van der Waals surface area contributed by atoms with Crippen LogP contribution in [0.3, 0.4) is 0 Å². The van der Waals surface area contributed by atoms with Crippen molar-refractivity contribution >= 4 is 22.9 Å². The molecule has 0 aliphatic carbocycles. The van der Waals surface area contributed by atoms with Crippen LogP contribution in [0.25, 0.3) is 10.4 Å². The third-order valence-electron chi connectivity index (χ3n) is 2.42. The fourth-order valence-corrected chi connectivity index (χ4v) is 2.74. The first-order valence-corrected chi connectivity index (χ1v) is 6.55. The normalized spacial score (nSPS) is 10.6. The van der Waals surface area contributed by atoms with Gasteiger partial charge in [-0.2, -0.15) is 0 Å². The summed E-state index contributed by atoms with van der Waals surface area (Å²) in [6, 6.07) is 12.5. The van der Waals surface area contributed by atoms with E-state index in [9.17, 15) is 0 Å². The van der Waals surface area contributed by atoms with Gasteiger partial charge in [-0.3, -0.25) is 0 Å². The number of hydrogen-bond acceptors (Lipinski definition) is 2. The van der Waals surface area contributed by atoms with Gasteiger partial charge in [0, 0.05) is 11.4 Å². The number of benzene rings is 1. The van der Waals surface area contributed by atoms with Crippen molar-refractivity contribution in [2.45, 2.75) is 13.5 Å². The van der Waals surface area contributed by atoms with E-state index in [4.69, 9.17) is 11.6 Å². The highest BCUT2D eigenvalue weighted by Crippen LogP contribution is 2.32. The second kappa shape index (κ2) is 5.48. The van der Waals surface area contributed by atoms with Gasteiger partial charge in [-0.1, -0.05) is 42.8 Å². The van der Waals surface area contributed by atoms with Crippen molar-refractivity contribution < 1.29 is 0 Å². The Morgan fingerprint density at radius 1 is 1.19 bits per heavy atom. The van der Waals surface area contributed by atoms with E-state index < -0.39 is 0 Å². The quantitative estimate of drug-likeness (QED) is 0.860. The Kier molecular flexibility index (Phi) is 3.99. The first-order valence-electron chi connectivity index (χ1n) is 5.35. The van der Waals surface area contributed by atoms with Crippen LogP contribution in [0.4, 0.5) is 0 Å². The van der Waals surface area contributed by atoms with Crippen LogP contribution >= 0.6 is 22.9 Å². The lowest BCUT2D eigenvalue weighted by atomic mass is 10.1. The van der Waals surface area contributed by atoms with Crippen LogP contribution < -0.4 is 5.32 Å². The number of thiophene rings is 1. The Hall–Kier alpha value is -0.830. The van der Waals surface area contributed by atoms with Crippen molar-refractivity contribution in [2.24, 2.45) is 0 Å². The maximum absolute atomic E-state index is 5.97. The summed E-state index contributed by atoms with van der Waals surface area (Å²) < 4.78 is 0.841. The van der Waals surface area contributed by atoms with Gasteiger partial charge in [0.1, 0.15) is 0 Å². The molecule has 1 nitrogen and oxygen atoms in total. The fraction of sp³-hybridized carbons (Fsp3) is 0.231. The van der Waals surface area contributed by atoms with E-state index in [0.29, 0.717) is 0 Å². The highest BCUT2D eigenvalue weighted by Gasteiger charge is 2.06. The number of nitrogens with one attached hydrogen (secondary N) is 1. The van der Waals surface area contributed by atoms with Gasteiger partial charge in [-0.15, -0.1) is 11.3 Å².